The molecule has 0 radical (unpaired) electrons. The maximum atomic E-state index is 11.9. The van der Waals surface area contributed by atoms with Crippen LogP contribution in [0.15, 0.2) is 0 Å². The van der Waals surface area contributed by atoms with E-state index in [1.807, 2.05) is 20.8 Å². The number of aliphatic carboxylic acids is 1. The van der Waals surface area contributed by atoms with Gasteiger partial charge in [-0.25, -0.2) is 0 Å². The van der Waals surface area contributed by atoms with Gasteiger partial charge in [0.1, 0.15) is 0 Å². The SMILES string of the molecule is CC(C)(C)CC(CNC(=O)CCC1CCCCC1)C(=O)O. The molecule has 0 aliphatic heterocycles. The quantitative estimate of drug-likeness (QED) is 0.754. The summed E-state index contributed by atoms with van der Waals surface area (Å²) >= 11 is 0. The average Bonchev–Trinajstić information content (AvgIpc) is 2.41. The monoisotopic (exact) mass is 297 g/mol. The molecule has 1 aliphatic carbocycles. The Bertz CT molecular complexity index is 340. The van der Waals surface area contributed by atoms with Crippen LogP contribution in [-0.2, 0) is 9.59 Å². The van der Waals surface area contributed by atoms with Crippen molar-refractivity contribution in [1.29, 1.82) is 0 Å². The van der Waals surface area contributed by atoms with Gasteiger partial charge in [-0.15, -0.1) is 0 Å². The van der Waals surface area contributed by atoms with E-state index in [1.54, 1.807) is 0 Å². The largest absolute Gasteiger partial charge is 0.481 e. The van der Waals surface area contributed by atoms with Crippen LogP contribution in [0.4, 0.5) is 0 Å². The predicted molar refractivity (Wildman–Crippen MR) is 84.0 cm³/mol. The third kappa shape index (κ3) is 8.08. The zero-order chi connectivity index (χ0) is 15.9. The van der Waals surface area contributed by atoms with Crippen LogP contribution in [0.1, 0.15) is 72.1 Å². The molecule has 2 N–H and O–H groups in total. The predicted octanol–water partition coefficient (Wildman–Crippen LogP) is 3.60. The molecule has 0 aromatic heterocycles. The molecule has 1 unspecified atom stereocenters. The van der Waals surface area contributed by atoms with Crippen molar-refractivity contribution in [3.8, 4) is 0 Å². The van der Waals surface area contributed by atoms with Crippen molar-refractivity contribution in [3.05, 3.63) is 0 Å². The first kappa shape index (κ1) is 18.0. The number of hydrogen-bond donors (Lipinski definition) is 2. The Morgan fingerprint density at radius 2 is 1.81 bits per heavy atom. The highest BCUT2D eigenvalue weighted by Gasteiger charge is 2.25. The first-order valence-corrected chi connectivity index (χ1v) is 8.27. The zero-order valence-electron chi connectivity index (χ0n) is 13.8. The van der Waals surface area contributed by atoms with Gasteiger partial charge >= 0.3 is 5.97 Å². The fourth-order valence-corrected chi connectivity index (χ4v) is 3.12. The Hall–Kier alpha value is -1.06. The summed E-state index contributed by atoms with van der Waals surface area (Å²) in [5, 5.41) is 12.0. The first-order valence-electron chi connectivity index (χ1n) is 8.27. The third-order valence-electron chi connectivity index (χ3n) is 4.26. The lowest BCUT2D eigenvalue weighted by molar-refractivity contribution is -0.142. The van der Waals surface area contributed by atoms with Gasteiger partial charge in [-0.05, 0) is 24.2 Å². The van der Waals surface area contributed by atoms with Crippen LogP contribution in [0.5, 0.6) is 0 Å². The molecule has 4 heteroatoms. The topological polar surface area (TPSA) is 66.4 Å². The lowest BCUT2D eigenvalue weighted by Gasteiger charge is -2.24. The molecule has 1 rings (SSSR count). The van der Waals surface area contributed by atoms with Gasteiger partial charge < -0.3 is 10.4 Å². The standard InChI is InChI=1S/C17H31NO3/c1-17(2,3)11-14(16(20)21)12-18-15(19)10-9-13-7-5-4-6-8-13/h13-14H,4-12H2,1-3H3,(H,18,19)(H,20,21). The first-order chi connectivity index (χ1) is 9.78. The third-order valence-corrected chi connectivity index (χ3v) is 4.26. The molecule has 21 heavy (non-hydrogen) atoms. The van der Waals surface area contributed by atoms with Crippen molar-refractivity contribution in [3.63, 3.8) is 0 Å². The molecule has 4 nitrogen and oxygen atoms in total. The van der Waals surface area contributed by atoms with Crippen LogP contribution in [0.2, 0.25) is 0 Å². The van der Waals surface area contributed by atoms with Gasteiger partial charge in [0.2, 0.25) is 5.91 Å². The number of hydrogen-bond acceptors (Lipinski definition) is 2. The summed E-state index contributed by atoms with van der Waals surface area (Å²) in [6, 6.07) is 0. The molecule has 1 saturated carbocycles. The van der Waals surface area contributed by atoms with E-state index in [2.05, 4.69) is 5.32 Å². The Morgan fingerprint density at radius 3 is 2.33 bits per heavy atom. The molecule has 0 aromatic rings. The number of carboxylic acid groups (broad SMARTS) is 1. The molecule has 122 valence electrons. The van der Waals surface area contributed by atoms with Gasteiger partial charge in [0.15, 0.2) is 0 Å². The number of carbonyl (C=O) groups is 2. The highest BCUT2D eigenvalue weighted by Crippen LogP contribution is 2.27. The number of nitrogens with one attached hydrogen (secondary N) is 1. The summed E-state index contributed by atoms with van der Waals surface area (Å²) in [4.78, 5) is 23.1. The van der Waals surface area contributed by atoms with Gasteiger partial charge in [-0.3, -0.25) is 9.59 Å². The number of amides is 1. The Labute approximate surface area is 128 Å². The zero-order valence-corrected chi connectivity index (χ0v) is 13.8. The van der Waals surface area contributed by atoms with E-state index < -0.39 is 11.9 Å². The van der Waals surface area contributed by atoms with Crippen LogP contribution in [-0.4, -0.2) is 23.5 Å². The molecule has 1 aliphatic rings. The molecule has 1 amide bonds. The normalized spacial score (nSPS) is 18.2. The average molecular weight is 297 g/mol. The molecule has 0 heterocycles. The van der Waals surface area contributed by atoms with Crippen LogP contribution >= 0.6 is 0 Å². The molecule has 1 fully saturated rings. The lowest BCUT2D eigenvalue weighted by atomic mass is 9.84. The van der Waals surface area contributed by atoms with E-state index in [0.717, 1.165) is 6.42 Å². The van der Waals surface area contributed by atoms with Crippen LogP contribution in [0.3, 0.4) is 0 Å². The second kappa shape index (κ2) is 8.40. The lowest BCUT2D eigenvalue weighted by Crippen LogP contribution is -2.35. The minimum absolute atomic E-state index is 0.000678. The highest BCUT2D eigenvalue weighted by atomic mass is 16.4. The number of carboxylic acids is 1. The Morgan fingerprint density at radius 1 is 1.19 bits per heavy atom. The van der Waals surface area contributed by atoms with E-state index in [0.29, 0.717) is 18.8 Å². The smallest absolute Gasteiger partial charge is 0.308 e. The maximum absolute atomic E-state index is 11.9. The minimum Gasteiger partial charge on any atom is -0.481 e. The van der Waals surface area contributed by atoms with Gasteiger partial charge in [0, 0.05) is 13.0 Å². The van der Waals surface area contributed by atoms with E-state index in [4.69, 9.17) is 0 Å². The molecule has 0 saturated heterocycles. The van der Waals surface area contributed by atoms with E-state index in [9.17, 15) is 14.7 Å². The van der Waals surface area contributed by atoms with Crippen molar-refractivity contribution >= 4 is 11.9 Å². The van der Waals surface area contributed by atoms with Crippen molar-refractivity contribution in [2.45, 2.75) is 72.1 Å². The molecule has 0 spiro atoms. The fourth-order valence-electron chi connectivity index (χ4n) is 3.12. The van der Waals surface area contributed by atoms with Crippen molar-refractivity contribution in [2.24, 2.45) is 17.3 Å². The van der Waals surface area contributed by atoms with Crippen LogP contribution in [0.25, 0.3) is 0 Å². The molecular formula is C17H31NO3. The van der Waals surface area contributed by atoms with Crippen molar-refractivity contribution in [2.75, 3.05) is 6.54 Å². The summed E-state index contributed by atoms with van der Waals surface area (Å²) < 4.78 is 0. The van der Waals surface area contributed by atoms with Crippen LogP contribution in [0, 0.1) is 17.3 Å². The van der Waals surface area contributed by atoms with Crippen molar-refractivity contribution in [1.82, 2.24) is 5.32 Å². The van der Waals surface area contributed by atoms with Crippen LogP contribution < -0.4 is 5.32 Å². The van der Waals surface area contributed by atoms with Gasteiger partial charge in [0.05, 0.1) is 5.92 Å². The Balaban J connectivity index is 2.27. The highest BCUT2D eigenvalue weighted by molar-refractivity contribution is 5.77. The number of carbonyl (C=O) groups excluding carboxylic acids is 1. The van der Waals surface area contributed by atoms with E-state index >= 15 is 0 Å². The molecule has 0 aromatic carbocycles. The van der Waals surface area contributed by atoms with Gasteiger partial charge in [-0.1, -0.05) is 52.9 Å². The summed E-state index contributed by atoms with van der Waals surface area (Å²) in [6.45, 7) is 6.31. The summed E-state index contributed by atoms with van der Waals surface area (Å²) in [6.07, 6.45) is 8.46. The molecular weight excluding hydrogens is 266 g/mol. The fraction of sp³-hybridized carbons (Fsp3) is 0.882. The molecule has 0 bridgehead atoms. The summed E-state index contributed by atoms with van der Waals surface area (Å²) in [7, 11) is 0. The minimum atomic E-state index is -0.822. The Kier molecular flexibility index (Phi) is 7.20. The van der Waals surface area contributed by atoms with E-state index in [1.165, 1.54) is 32.1 Å². The summed E-state index contributed by atoms with van der Waals surface area (Å²) in [5.41, 5.74) is -0.0458. The second-order valence-corrected chi connectivity index (χ2v) is 7.65. The molecule has 1 atom stereocenters. The van der Waals surface area contributed by atoms with E-state index in [-0.39, 0.29) is 17.9 Å². The maximum Gasteiger partial charge on any atom is 0.308 e. The second-order valence-electron chi connectivity index (χ2n) is 7.65. The number of rotatable bonds is 7. The van der Waals surface area contributed by atoms with Gasteiger partial charge in [0.25, 0.3) is 0 Å². The van der Waals surface area contributed by atoms with Gasteiger partial charge in [-0.2, -0.15) is 0 Å². The summed E-state index contributed by atoms with van der Waals surface area (Å²) in [5.74, 6) is -0.629. The van der Waals surface area contributed by atoms with Crippen molar-refractivity contribution < 1.29 is 14.7 Å².